The zero-order valence-corrected chi connectivity index (χ0v) is 11.3. The number of aliphatic hydroxyl groups is 1. The first-order valence-corrected chi connectivity index (χ1v) is 6.38. The lowest BCUT2D eigenvalue weighted by Gasteiger charge is -2.11. The molecule has 0 radical (unpaired) electrons. The third kappa shape index (κ3) is 3.86. The van der Waals surface area contributed by atoms with E-state index in [4.69, 9.17) is 10.8 Å². The number of anilines is 3. The Bertz CT molecular complexity index is 605. The smallest absolute Gasteiger partial charge is 0.224 e. The third-order valence-electron chi connectivity index (χ3n) is 2.70. The predicted molar refractivity (Wildman–Crippen MR) is 81.2 cm³/mol. The Hall–Kier alpha value is -2.74. The summed E-state index contributed by atoms with van der Waals surface area (Å²) in [5.74, 6) is 0.460. The van der Waals surface area contributed by atoms with Crippen molar-refractivity contribution in [2.45, 2.75) is 6.54 Å². The van der Waals surface area contributed by atoms with E-state index in [0.29, 0.717) is 6.54 Å². The molecule has 21 heavy (non-hydrogen) atoms. The average molecular weight is 288 g/mol. The number of hydrogen-bond donors (Lipinski definition) is 4. The highest BCUT2D eigenvalue weighted by Gasteiger charge is 2.14. The topological polar surface area (TPSA) is 126 Å². The van der Waals surface area contributed by atoms with Gasteiger partial charge in [0, 0.05) is 13.1 Å². The van der Waals surface area contributed by atoms with E-state index >= 15 is 0 Å². The molecule has 0 unspecified atom stereocenters. The van der Waals surface area contributed by atoms with Gasteiger partial charge in [-0.1, -0.05) is 30.3 Å². The van der Waals surface area contributed by atoms with Crippen molar-refractivity contribution in [3.63, 3.8) is 0 Å². The van der Waals surface area contributed by atoms with Gasteiger partial charge in [-0.25, -0.2) is 0 Å². The first kappa shape index (κ1) is 14.7. The van der Waals surface area contributed by atoms with Crippen LogP contribution in [0.5, 0.6) is 0 Å². The normalized spacial score (nSPS) is 10.1. The quantitative estimate of drug-likeness (QED) is 0.568. The molecule has 0 aliphatic heterocycles. The van der Waals surface area contributed by atoms with Crippen LogP contribution in [0, 0.1) is 4.91 Å². The van der Waals surface area contributed by atoms with Crippen molar-refractivity contribution in [1.29, 1.82) is 0 Å². The summed E-state index contributed by atoms with van der Waals surface area (Å²) in [6.07, 6.45) is 0. The van der Waals surface area contributed by atoms with E-state index in [1.165, 1.54) is 0 Å². The van der Waals surface area contributed by atoms with E-state index in [9.17, 15) is 4.91 Å². The van der Waals surface area contributed by atoms with Crippen LogP contribution in [0.3, 0.4) is 0 Å². The molecular formula is C13H16N6O2. The molecule has 0 atom stereocenters. The molecule has 0 bridgehead atoms. The van der Waals surface area contributed by atoms with Crippen LogP contribution in [-0.4, -0.2) is 28.2 Å². The first-order valence-electron chi connectivity index (χ1n) is 6.38. The SMILES string of the molecule is Nc1nc(NCCO)c(N=O)c(NCc2ccccc2)n1. The molecule has 2 rings (SSSR count). The zero-order valence-electron chi connectivity index (χ0n) is 11.3. The van der Waals surface area contributed by atoms with Gasteiger partial charge in [-0.15, -0.1) is 4.91 Å². The lowest BCUT2D eigenvalue weighted by atomic mass is 10.2. The predicted octanol–water partition coefficient (Wildman–Crippen LogP) is 1.47. The molecule has 0 amide bonds. The van der Waals surface area contributed by atoms with Crippen molar-refractivity contribution in [2.75, 3.05) is 29.5 Å². The number of aliphatic hydroxyl groups excluding tert-OH is 1. The maximum Gasteiger partial charge on any atom is 0.224 e. The van der Waals surface area contributed by atoms with Gasteiger partial charge in [0.1, 0.15) is 0 Å². The standard InChI is InChI=1S/C13H16N6O2/c14-13-17-11(15-6-7-20)10(19-21)12(18-13)16-8-9-4-2-1-3-5-9/h1-5,20H,6-8H2,(H4,14,15,16,17,18). The van der Waals surface area contributed by atoms with Crippen LogP contribution in [0.4, 0.5) is 23.3 Å². The van der Waals surface area contributed by atoms with Gasteiger partial charge in [0.25, 0.3) is 0 Å². The molecule has 1 aromatic carbocycles. The highest BCUT2D eigenvalue weighted by Crippen LogP contribution is 2.31. The molecule has 1 heterocycles. The number of aromatic nitrogens is 2. The van der Waals surface area contributed by atoms with Crippen molar-refractivity contribution in [3.05, 3.63) is 40.8 Å². The molecule has 0 aliphatic rings. The lowest BCUT2D eigenvalue weighted by Crippen LogP contribution is -2.11. The maximum absolute atomic E-state index is 11.0. The van der Waals surface area contributed by atoms with Crippen molar-refractivity contribution in [1.82, 2.24) is 9.97 Å². The van der Waals surface area contributed by atoms with E-state index in [1.807, 2.05) is 30.3 Å². The molecular weight excluding hydrogens is 272 g/mol. The molecule has 8 nitrogen and oxygen atoms in total. The summed E-state index contributed by atoms with van der Waals surface area (Å²) >= 11 is 0. The highest BCUT2D eigenvalue weighted by atomic mass is 16.3. The fraction of sp³-hybridized carbons (Fsp3) is 0.231. The second-order valence-electron chi connectivity index (χ2n) is 4.21. The Kier molecular flexibility index (Phi) is 4.99. The number of benzene rings is 1. The van der Waals surface area contributed by atoms with E-state index in [1.54, 1.807) is 0 Å². The number of nitroso groups, excluding NO2 is 1. The second kappa shape index (κ2) is 7.15. The monoisotopic (exact) mass is 288 g/mol. The summed E-state index contributed by atoms with van der Waals surface area (Å²) in [6, 6.07) is 9.63. The molecule has 0 fully saturated rings. The van der Waals surface area contributed by atoms with Crippen LogP contribution < -0.4 is 16.4 Å². The van der Waals surface area contributed by atoms with Crippen molar-refractivity contribution in [3.8, 4) is 0 Å². The Labute approximate surface area is 121 Å². The zero-order chi connectivity index (χ0) is 15.1. The summed E-state index contributed by atoms with van der Waals surface area (Å²) in [5, 5.41) is 17.5. The van der Waals surface area contributed by atoms with Gasteiger partial charge < -0.3 is 21.5 Å². The second-order valence-corrected chi connectivity index (χ2v) is 4.21. The van der Waals surface area contributed by atoms with Gasteiger partial charge in [0.05, 0.1) is 6.61 Å². The molecule has 0 spiro atoms. The van der Waals surface area contributed by atoms with Crippen molar-refractivity contribution >= 4 is 23.3 Å². The fourth-order valence-corrected chi connectivity index (χ4v) is 1.76. The van der Waals surface area contributed by atoms with Crippen LogP contribution in [0.2, 0.25) is 0 Å². The van der Waals surface area contributed by atoms with Crippen LogP contribution >= 0.6 is 0 Å². The number of rotatable bonds is 7. The number of hydrogen-bond acceptors (Lipinski definition) is 8. The molecule has 110 valence electrons. The molecule has 2 aromatic rings. The molecule has 0 aliphatic carbocycles. The minimum atomic E-state index is -0.102. The fourth-order valence-electron chi connectivity index (χ4n) is 1.76. The molecule has 0 saturated carbocycles. The van der Waals surface area contributed by atoms with Crippen LogP contribution in [0.1, 0.15) is 5.56 Å². The number of nitrogen functional groups attached to an aromatic ring is 1. The molecule has 1 aromatic heterocycles. The van der Waals surface area contributed by atoms with Gasteiger partial charge in [0.15, 0.2) is 17.3 Å². The molecule has 5 N–H and O–H groups in total. The van der Waals surface area contributed by atoms with E-state index in [0.717, 1.165) is 5.56 Å². The average Bonchev–Trinajstić information content (AvgIpc) is 2.51. The van der Waals surface area contributed by atoms with E-state index in [2.05, 4.69) is 25.8 Å². The van der Waals surface area contributed by atoms with E-state index in [-0.39, 0.29) is 36.4 Å². The van der Waals surface area contributed by atoms with Crippen molar-refractivity contribution < 1.29 is 5.11 Å². The maximum atomic E-state index is 11.0. The third-order valence-corrected chi connectivity index (χ3v) is 2.70. The number of nitrogens with two attached hydrogens (primary N) is 1. The number of nitrogens with zero attached hydrogens (tertiary/aromatic N) is 3. The minimum Gasteiger partial charge on any atom is -0.395 e. The summed E-state index contributed by atoms with van der Waals surface area (Å²) in [7, 11) is 0. The van der Waals surface area contributed by atoms with Gasteiger partial charge in [0.2, 0.25) is 5.95 Å². The van der Waals surface area contributed by atoms with Gasteiger partial charge in [-0.2, -0.15) is 9.97 Å². The summed E-state index contributed by atoms with van der Waals surface area (Å²) in [6.45, 7) is 0.603. The summed E-state index contributed by atoms with van der Waals surface area (Å²) in [5.41, 5.74) is 6.68. The lowest BCUT2D eigenvalue weighted by molar-refractivity contribution is 0.311. The van der Waals surface area contributed by atoms with Gasteiger partial charge in [-0.3, -0.25) is 0 Å². The van der Waals surface area contributed by atoms with Crippen molar-refractivity contribution in [2.24, 2.45) is 5.18 Å². The summed E-state index contributed by atoms with van der Waals surface area (Å²) in [4.78, 5) is 18.9. The number of nitrogens with one attached hydrogen (secondary N) is 2. The Morgan fingerprint density at radius 1 is 1.14 bits per heavy atom. The van der Waals surface area contributed by atoms with Crippen LogP contribution in [0.15, 0.2) is 35.5 Å². The first-order chi connectivity index (χ1) is 10.2. The Morgan fingerprint density at radius 3 is 2.43 bits per heavy atom. The van der Waals surface area contributed by atoms with Crippen LogP contribution in [-0.2, 0) is 6.54 Å². The largest absolute Gasteiger partial charge is 0.395 e. The van der Waals surface area contributed by atoms with Gasteiger partial charge in [-0.05, 0) is 10.7 Å². The highest BCUT2D eigenvalue weighted by molar-refractivity contribution is 5.75. The molecule has 0 saturated heterocycles. The Balaban J connectivity index is 2.21. The van der Waals surface area contributed by atoms with Gasteiger partial charge >= 0.3 is 0 Å². The Morgan fingerprint density at radius 2 is 1.81 bits per heavy atom. The van der Waals surface area contributed by atoms with Crippen LogP contribution in [0.25, 0.3) is 0 Å². The minimum absolute atomic E-state index is 0.0124. The molecule has 8 heteroatoms. The summed E-state index contributed by atoms with van der Waals surface area (Å²) < 4.78 is 0. The van der Waals surface area contributed by atoms with E-state index < -0.39 is 0 Å².